The maximum absolute atomic E-state index is 12.0. The van der Waals surface area contributed by atoms with Gasteiger partial charge in [0.15, 0.2) is 5.78 Å². The van der Waals surface area contributed by atoms with Crippen LogP contribution in [0.5, 0.6) is 0 Å². The molecule has 0 saturated heterocycles. The highest BCUT2D eigenvalue weighted by Gasteiger charge is 2.35. The van der Waals surface area contributed by atoms with E-state index in [1.54, 1.807) is 0 Å². The second kappa shape index (κ2) is 5.37. The summed E-state index contributed by atoms with van der Waals surface area (Å²) in [7, 11) is 0. The van der Waals surface area contributed by atoms with Gasteiger partial charge in [-0.2, -0.15) is 0 Å². The van der Waals surface area contributed by atoms with E-state index < -0.39 is 0 Å². The number of hydrogen-bond donors (Lipinski definition) is 0. The number of carbonyl (C=O) groups is 2. The Morgan fingerprint density at radius 1 is 1.40 bits per heavy atom. The van der Waals surface area contributed by atoms with E-state index in [-0.39, 0.29) is 17.8 Å². The third-order valence-corrected chi connectivity index (χ3v) is 4.22. The lowest BCUT2D eigenvalue weighted by atomic mass is 9.80. The Labute approximate surface area is 118 Å². The number of ether oxygens (including phenoxy) is 1. The van der Waals surface area contributed by atoms with Crippen LogP contribution in [0.2, 0.25) is 0 Å². The van der Waals surface area contributed by atoms with E-state index in [2.05, 4.69) is 11.0 Å². The third-order valence-electron chi connectivity index (χ3n) is 4.22. The molecule has 1 aromatic rings. The van der Waals surface area contributed by atoms with Crippen LogP contribution in [0.4, 0.5) is 0 Å². The summed E-state index contributed by atoms with van der Waals surface area (Å²) in [6.07, 6.45) is 2.27. The fraction of sp³-hybridized carbons (Fsp3) is 0.500. The lowest BCUT2D eigenvalue weighted by molar-refractivity contribution is -0.145. The molecule has 2 aliphatic rings. The molecule has 1 aromatic carbocycles. The van der Waals surface area contributed by atoms with Crippen molar-refractivity contribution in [3.8, 4) is 0 Å². The molecule has 4 nitrogen and oxygen atoms in total. The van der Waals surface area contributed by atoms with Crippen LogP contribution in [-0.4, -0.2) is 36.3 Å². The number of esters is 1. The third kappa shape index (κ3) is 2.24. The molecule has 0 N–H and O–H groups in total. The predicted octanol–water partition coefficient (Wildman–Crippen LogP) is 2.13. The standard InChI is InChI=1S/C16H19NO3/c1-2-20-15(19)10-17-9-8-11-4-3-5-12-14(18)7-6-13(17)16(11)12/h3-5,13H,2,6-10H2,1H3. The Bertz CT molecular complexity index is 553. The SMILES string of the molecule is CCOC(=O)CN1CCc2cccc3c2C1CCC3=O. The molecular weight excluding hydrogens is 254 g/mol. The first-order valence-electron chi connectivity index (χ1n) is 7.25. The van der Waals surface area contributed by atoms with Crippen molar-refractivity contribution in [2.75, 3.05) is 19.7 Å². The minimum atomic E-state index is -0.176. The van der Waals surface area contributed by atoms with Gasteiger partial charge in [0.25, 0.3) is 0 Å². The zero-order valence-electron chi connectivity index (χ0n) is 11.7. The van der Waals surface area contributed by atoms with E-state index in [1.165, 1.54) is 5.56 Å². The van der Waals surface area contributed by atoms with Gasteiger partial charge < -0.3 is 4.74 Å². The van der Waals surface area contributed by atoms with Crippen molar-refractivity contribution in [1.82, 2.24) is 4.90 Å². The highest BCUT2D eigenvalue weighted by Crippen LogP contribution is 2.39. The molecule has 0 saturated carbocycles. The van der Waals surface area contributed by atoms with Gasteiger partial charge in [0.2, 0.25) is 0 Å². The van der Waals surface area contributed by atoms with Crippen LogP contribution in [0, 0.1) is 0 Å². The summed E-state index contributed by atoms with van der Waals surface area (Å²) >= 11 is 0. The topological polar surface area (TPSA) is 46.6 Å². The van der Waals surface area contributed by atoms with Gasteiger partial charge in [-0.05, 0) is 30.9 Å². The number of Topliss-reactive ketones (excluding diaryl/α,β-unsaturated/α-hetero) is 1. The summed E-state index contributed by atoms with van der Waals surface area (Å²) in [5.41, 5.74) is 3.27. The lowest BCUT2D eigenvalue weighted by Gasteiger charge is -2.39. The van der Waals surface area contributed by atoms with Crippen LogP contribution in [0.3, 0.4) is 0 Å². The Morgan fingerprint density at radius 3 is 3.05 bits per heavy atom. The fourth-order valence-corrected chi connectivity index (χ4v) is 3.36. The van der Waals surface area contributed by atoms with Crippen molar-refractivity contribution >= 4 is 11.8 Å². The van der Waals surface area contributed by atoms with Gasteiger partial charge in [0, 0.05) is 24.6 Å². The van der Waals surface area contributed by atoms with Crippen LogP contribution in [0.1, 0.15) is 47.3 Å². The Morgan fingerprint density at radius 2 is 2.25 bits per heavy atom. The number of hydrogen-bond acceptors (Lipinski definition) is 4. The first-order valence-corrected chi connectivity index (χ1v) is 7.25. The summed E-state index contributed by atoms with van der Waals surface area (Å²) < 4.78 is 5.05. The van der Waals surface area contributed by atoms with Crippen molar-refractivity contribution in [3.05, 3.63) is 34.9 Å². The van der Waals surface area contributed by atoms with Crippen LogP contribution >= 0.6 is 0 Å². The van der Waals surface area contributed by atoms with Crippen molar-refractivity contribution in [3.63, 3.8) is 0 Å². The number of nitrogens with zero attached hydrogens (tertiary/aromatic N) is 1. The molecule has 0 aromatic heterocycles. The summed E-state index contributed by atoms with van der Waals surface area (Å²) in [5, 5.41) is 0. The molecule has 3 rings (SSSR count). The Balaban J connectivity index is 1.89. The highest BCUT2D eigenvalue weighted by molar-refractivity contribution is 5.99. The highest BCUT2D eigenvalue weighted by atomic mass is 16.5. The largest absolute Gasteiger partial charge is 0.465 e. The van der Waals surface area contributed by atoms with Gasteiger partial charge in [-0.15, -0.1) is 0 Å². The number of ketones is 1. The van der Waals surface area contributed by atoms with Crippen molar-refractivity contribution in [2.45, 2.75) is 32.2 Å². The average molecular weight is 273 g/mol. The van der Waals surface area contributed by atoms with Crippen LogP contribution in [-0.2, 0) is 16.0 Å². The van der Waals surface area contributed by atoms with E-state index >= 15 is 0 Å². The number of benzene rings is 1. The Hall–Kier alpha value is -1.68. The molecule has 0 amide bonds. The van der Waals surface area contributed by atoms with Crippen molar-refractivity contribution < 1.29 is 14.3 Å². The Kier molecular flexibility index (Phi) is 3.57. The molecule has 1 aliphatic heterocycles. The lowest BCUT2D eigenvalue weighted by Crippen LogP contribution is -2.42. The van der Waals surface area contributed by atoms with Crippen LogP contribution < -0.4 is 0 Å². The minimum absolute atomic E-state index is 0.176. The van der Waals surface area contributed by atoms with Crippen molar-refractivity contribution in [2.24, 2.45) is 0 Å². The van der Waals surface area contributed by atoms with E-state index in [0.717, 1.165) is 30.5 Å². The van der Waals surface area contributed by atoms with Crippen LogP contribution in [0.25, 0.3) is 0 Å². The molecule has 0 fully saturated rings. The maximum Gasteiger partial charge on any atom is 0.320 e. The zero-order chi connectivity index (χ0) is 14.1. The molecule has 1 atom stereocenters. The van der Waals surface area contributed by atoms with Gasteiger partial charge in [-0.3, -0.25) is 14.5 Å². The number of rotatable bonds is 3. The smallest absolute Gasteiger partial charge is 0.320 e. The van der Waals surface area contributed by atoms with Gasteiger partial charge in [0.05, 0.1) is 13.2 Å². The second-order valence-corrected chi connectivity index (χ2v) is 5.38. The molecular formula is C16H19NO3. The van der Waals surface area contributed by atoms with Gasteiger partial charge in [-0.1, -0.05) is 18.2 Å². The molecule has 0 bridgehead atoms. The first kappa shape index (κ1) is 13.3. The van der Waals surface area contributed by atoms with E-state index in [1.807, 2.05) is 19.1 Å². The monoisotopic (exact) mass is 273 g/mol. The van der Waals surface area contributed by atoms with Gasteiger partial charge in [0.1, 0.15) is 0 Å². The molecule has 1 aliphatic carbocycles. The summed E-state index contributed by atoms with van der Waals surface area (Å²) in [6, 6.07) is 6.18. The maximum atomic E-state index is 12.0. The fourth-order valence-electron chi connectivity index (χ4n) is 3.36. The molecule has 20 heavy (non-hydrogen) atoms. The molecule has 1 heterocycles. The first-order chi connectivity index (χ1) is 9.70. The molecule has 4 heteroatoms. The van der Waals surface area contributed by atoms with Crippen molar-refractivity contribution in [1.29, 1.82) is 0 Å². The van der Waals surface area contributed by atoms with Crippen LogP contribution in [0.15, 0.2) is 18.2 Å². The average Bonchev–Trinajstić information content (AvgIpc) is 2.45. The van der Waals surface area contributed by atoms with E-state index in [4.69, 9.17) is 4.74 Å². The summed E-state index contributed by atoms with van der Waals surface area (Å²) in [6.45, 7) is 3.41. The van der Waals surface area contributed by atoms with E-state index in [0.29, 0.717) is 19.6 Å². The zero-order valence-corrected chi connectivity index (χ0v) is 11.7. The quantitative estimate of drug-likeness (QED) is 0.791. The normalized spacial score (nSPS) is 21.4. The minimum Gasteiger partial charge on any atom is -0.465 e. The summed E-state index contributed by atoms with van der Waals surface area (Å²) in [4.78, 5) is 25.9. The second-order valence-electron chi connectivity index (χ2n) is 5.38. The van der Waals surface area contributed by atoms with E-state index in [9.17, 15) is 9.59 Å². The summed E-state index contributed by atoms with van der Waals surface area (Å²) in [5.74, 6) is 0.0569. The molecule has 0 spiro atoms. The molecule has 0 radical (unpaired) electrons. The molecule has 106 valence electrons. The predicted molar refractivity (Wildman–Crippen MR) is 74.7 cm³/mol. The van der Waals surface area contributed by atoms with Gasteiger partial charge >= 0.3 is 5.97 Å². The van der Waals surface area contributed by atoms with Gasteiger partial charge in [-0.25, -0.2) is 0 Å². The molecule has 1 unspecified atom stereocenters. The number of carbonyl (C=O) groups excluding carboxylic acids is 2.